The van der Waals surface area contributed by atoms with Crippen molar-refractivity contribution in [2.45, 2.75) is 38.5 Å². The van der Waals surface area contributed by atoms with E-state index in [1.165, 1.54) is 0 Å². The van der Waals surface area contributed by atoms with Crippen molar-refractivity contribution in [1.29, 1.82) is 0 Å². The van der Waals surface area contributed by atoms with Gasteiger partial charge in [-0.2, -0.15) is 5.10 Å². The molecule has 2 atom stereocenters. The first-order valence-electron chi connectivity index (χ1n) is 8.06. The number of benzene rings is 1. The summed E-state index contributed by atoms with van der Waals surface area (Å²) in [7, 11) is 0. The summed E-state index contributed by atoms with van der Waals surface area (Å²) < 4.78 is 18.3. The molecule has 7 nitrogen and oxygen atoms in total. The summed E-state index contributed by atoms with van der Waals surface area (Å²) >= 11 is 0. The van der Waals surface area contributed by atoms with Crippen LogP contribution in [-0.2, 0) is 17.8 Å². The topological polar surface area (TPSA) is 74.6 Å². The molecular weight excluding hydrogens is 310 g/mol. The van der Waals surface area contributed by atoms with Crippen LogP contribution in [0, 0.1) is 0 Å². The van der Waals surface area contributed by atoms with Crippen molar-refractivity contribution in [3.8, 4) is 17.2 Å². The zero-order valence-electron chi connectivity index (χ0n) is 13.4. The van der Waals surface area contributed by atoms with E-state index >= 15 is 0 Å². The number of amides is 1. The van der Waals surface area contributed by atoms with Crippen LogP contribution in [-0.4, -0.2) is 34.6 Å². The monoisotopic (exact) mass is 329 g/mol. The molecule has 126 valence electrons. The molecule has 2 aliphatic rings. The van der Waals surface area contributed by atoms with E-state index in [0.29, 0.717) is 17.2 Å². The van der Waals surface area contributed by atoms with Crippen LogP contribution in [0.3, 0.4) is 0 Å². The number of ether oxygens (including phenoxy) is 3. The van der Waals surface area contributed by atoms with Gasteiger partial charge in [0.25, 0.3) is 5.91 Å². The second-order valence-electron chi connectivity index (χ2n) is 6.02. The van der Waals surface area contributed by atoms with Crippen LogP contribution in [0.1, 0.15) is 19.0 Å². The molecule has 0 radical (unpaired) electrons. The van der Waals surface area contributed by atoms with Crippen molar-refractivity contribution in [3.05, 3.63) is 36.2 Å². The number of rotatable bonds is 4. The van der Waals surface area contributed by atoms with Crippen LogP contribution in [0.25, 0.3) is 0 Å². The average Bonchev–Trinajstić information content (AvgIpc) is 3.22. The number of fused-ring (bicyclic) bond motifs is 2. The van der Waals surface area contributed by atoms with Gasteiger partial charge in [0.15, 0.2) is 17.6 Å². The number of hydrogen-bond acceptors (Lipinski definition) is 5. The Hall–Kier alpha value is -2.70. The van der Waals surface area contributed by atoms with Gasteiger partial charge in [-0.25, -0.2) is 0 Å². The Kier molecular flexibility index (Phi) is 3.76. The number of carbonyl (C=O) groups is 1. The first-order chi connectivity index (χ1) is 11.7. The third-order valence-electron chi connectivity index (χ3n) is 4.32. The standard InChI is InChI=1S/C17H19N3O4/c1-11(24-14-2-3-15-16(9-14)23-10-22-15)17(21)19-12-5-7-20-13(8-12)4-6-18-20/h2-4,6,9,11-12H,5,7-8,10H2,1H3,(H,19,21)/t11-,12+/m0/s1. The van der Waals surface area contributed by atoms with Gasteiger partial charge in [0.1, 0.15) is 5.75 Å². The Morgan fingerprint density at radius 2 is 2.25 bits per heavy atom. The van der Waals surface area contributed by atoms with E-state index in [9.17, 15) is 4.79 Å². The zero-order valence-corrected chi connectivity index (χ0v) is 13.4. The summed E-state index contributed by atoms with van der Waals surface area (Å²) in [6.07, 6.45) is 2.88. The van der Waals surface area contributed by atoms with E-state index in [-0.39, 0.29) is 18.7 Å². The highest BCUT2D eigenvalue weighted by Crippen LogP contribution is 2.35. The maximum Gasteiger partial charge on any atom is 0.261 e. The number of nitrogens with one attached hydrogen (secondary N) is 1. The van der Waals surface area contributed by atoms with Crippen LogP contribution < -0.4 is 19.5 Å². The zero-order chi connectivity index (χ0) is 16.5. The van der Waals surface area contributed by atoms with Crippen LogP contribution >= 0.6 is 0 Å². The lowest BCUT2D eigenvalue weighted by Gasteiger charge is -2.25. The van der Waals surface area contributed by atoms with Crippen molar-refractivity contribution in [2.24, 2.45) is 0 Å². The fourth-order valence-corrected chi connectivity index (χ4v) is 3.02. The van der Waals surface area contributed by atoms with Gasteiger partial charge in [-0.05, 0) is 31.5 Å². The Morgan fingerprint density at radius 3 is 3.17 bits per heavy atom. The lowest BCUT2D eigenvalue weighted by molar-refractivity contribution is -0.128. The maximum absolute atomic E-state index is 12.4. The Balaban J connectivity index is 1.35. The van der Waals surface area contributed by atoms with Gasteiger partial charge in [-0.3, -0.25) is 9.48 Å². The molecule has 0 fully saturated rings. The summed E-state index contributed by atoms with van der Waals surface area (Å²) in [6, 6.07) is 7.40. The molecule has 1 amide bonds. The summed E-state index contributed by atoms with van der Waals surface area (Å²) in [5, 5.41) is 7.31. The molecule has 0 bridgehead atoms. The smallest absolute Gasteiger partial charge is 0.261 e. The molecule has 0 aliphatic carbocycles. The number of aromatic nitrogens is 2. The van der Waals surface area contributed by atoms with Crippen molar-refractivity contribution in [1.82, 2.24) is 15.1 Å². The van der Waals surface area contributed by atoms with Crippen molar-refractivity contribution < 1.29 is 19.0 Å². The highest BCUT2D eigenvalue weighted by atomic mass is 16.7. The Morgan fingerprint density at radius 1 is 1.38 bits per heavy atom. The van der Waals surface area contributed by atoms with Gasteiger partial charge in [0.2, 0.25) is 6.79 Å². The molecular formula is C17H19N3O4. The Bertz CT molecular complexity index is 758. The Labute approximate surface area is 139 Å². The largest absolute Gasteiger partial charge is 0.481 e. The van der Waals surface area contributed by atoms with Gasteiger partial charge in [-0.15, -0.1) is 0 Å². The highest BCUT2D eigenvalue weighted by molar-refractivity contribution is 5.81. The quantitative estimate of drug-likeness (QED) is 0.920. The van der Waals surface area contributed by atoms with Crippen LogP contribution in [0.2, 0.25) is 0 Å². The molecule has 2 aromatic rings. The van der Waals surface area contributed by atoms with E-state index < -0.39 is 6.10 Å². The fraction of sp³-hybridized carbons (Fsp3) is 0.412. The van der Waals surface area contributed by atoms with Gasteiger partial charge < -0.3 is 19.5 Å². The summed E-state index contributed by atoms with van der Waals surface area (Å²) in [5.41, 5.74) is 1.15. The molecule has 1 aromatic carbocycles. The summed E-state index contributed by atoms with van der Waals surface area (Å²) in [6.45, 7) is 2.78. The van der Waals surface area contributed by atoms with Gasteiger partial charge in [0.05, 0.1) is 0 Å². The molecule has 24 heavy (non-hydrogen) atoms. The third kappa shape index (κ3) is 2.89. The molecule has 1 N–H and O–H groups in total. The lowest BCUT2D eigenvalue weighted by Crippen LogP contribution is -2.45. The number of nitrogens with zero attached hydrogens (tertiary/aromatic N) is 2. The lowest BCUT2D eigenvalue weighted by atomic mass is 10.0. The third-order valence-corrected chi connectivity index (χ3v) is 4.32. The first kappa shape index (κ1) is 14.9. The van der Waals surface area contributed by atoms with E-state index in [0.717, 1.165) is 25.1 Å². The van der Waals surface area contributed by atoms with E-state index in [1.54, 1.807) is 31.3 Å². The van der Waals surface area contributed by atoms with Gasteiger partial charge in [0, 0.05) is 37.0 Å². The highest BCUT2D eigenvalue weighted by Gasteiger charge is 2.24. The second-order valence-corrected chi connectivity index (χ2v) is 6.02. The van der Waals surface area contributed by atoms with Gasteiger partial charge >= 0.3 is 0 Å². The molecule has 4 rings (SSSR count). The summed E-state index contributed by atoms with van der Waals surface area (Å²) in [4.78, 5) is 12.4. The number of aryl methyl sites for hydroxylation is 1. The molecule has 0 saturated carbocycles. The fourth-order valence-electron chi connectivity index (χ4n) is 3.02. The molecule has 1 aromatic heterocycles. The van der Waals surface area contributed by atoms with Crippen molar-refractivity contribution in [2.75, 3.05) is 6.79 Å². The maximum atomic E-state index is 12.4. The molecule has 0 unspecified atom stereocenters. The first-order valence-corrected chi connectivity index (χ1v) is 8.06. The molecule has 0 spiro atoms. The second kappa shape index (κ2) is 6.07. The predicted octanol–water partition coefficient (Wildman–Crippen LogP) is 1.51. The number of hydrogen-bond donors (Lipinski definition) is 1. The number of carbonyl (C=O) groups excluding carboxylic acids is 1. The molecule has 0 saturated heterocycles. The minimum absolute atomic E-state index is 0.115. The molecule has 3 heterocycles. The summed E-state index contributed by atoms with van der Waals surface area (Å²) in [5.74, 6) is 1.80. The normalized spacial score (nSPS) is 19.5. The minimum Gasteiger partial charge on any atom is -0.481 e. The molecule has 2 aliphatic heterocycles. The van der Waals surface area contributed by atoms with Crippen LogP contribution in [0.15, 0.2) is 30.5 Å². The van der Waals surface area contributed by atoms with E-state index in [1.807, 2.05) is 10.7 Å². The minimum atomic E-state index is -0.586. The predicted molar refractivity (Wildman–Crippen MR) is 85.1 cm³/mol. The SMILES string of the molecule is C[C@H](Oc1ccc2c(c1)OCO2)C(=O)N[C@@H]1CCn2nccc2C1. The average molecular weight is 329 g/mol. The van der Waals surface area contributed by atoms with E-state index in [4.69, 9.17) is 14.2 Å². The van der Waals surface area contributed by atoms with Crippen molar-refractivity contribution >= 4 is 5.91 Å². The van der Waals surface area contributed by atoms with E-state index in [2.05, 4.69) is 10.4 Å². The molecule has 7 heteroatoms. The van der Waals surface area contributed by atoms with Crippen LogP contribution in [0.4, 0.5) is 0 Å². The van der Waals surface area contributed by atoms with Crippen LogP contribution in [0.5, 0.6) is 17.2 Å². The van der Waals surface area contributed by atoms with Crippen molar-refractivity contribution in [3.63, 3.8) is 0 Å². The van der Waals surface area contributed by atoms with Gasteiger partial charge in [-0.1, -0.05) is 0 Å².